The van der Waals surface area contributed by atoms with Crippen LogP contribution in [0.1, 0.15) is 83.9 Å². The van der Waals surface area contributed by atoms with Crippen molar-refractivity contribution >= 4 is 23.9 Å². The summed E-state index contributed by atoms with van der Waals surface area (Å²) in [7, 11) is 4.91. The van der Waals surface area contributed by atoms with Gasteiger partial charge < -0.3 is 44.0 Å². The van der Waals surface area contributed by atoms with Gasteiger partial charge in [-0.2, -0.15) is 0 Å². The molecule has 0 radical (unpaired) electrons. The minimum absolute atomic E-state index is 0.0607. The molecule has 0 saturated carbocycles. The fourth-order valence-corrected chi connectivity index (χ4v) is 6.28. The average Bonchev–Trinajstić information content (AvgIpc) is 3.73. The van der Waals surface area contributed by atoms with Crippen molar-refractivity contribution in [2.75, 3.05) is 40.7 Å². The van der Waals surface area contributed by atoms with Crippen LogP contribution in [-0.4, -0.2) is 97.5 Å². The zero-order valence-electron chi connectivity index (χ0n) is 33.6. The van der Waals surface area contributed by atoms with Crippen molar-refractivity contribution in [2.24, 2.45) is 41.9 Å². The zero-order chi connectivity index (χ0) is 40.2. The van der Waals surface area contributed by atoms with Crippen LogP contribution in [0.4, 0.5) is 4.79 Å². The molecular formula is C39H61N5O10. The first-order valence-corrected chi connectivity index (χ1v) is 18.6. The number of nitrogens with zero attached hydrogens (tertiary/aromatic N) is 3. The van der Waals surface area contributed by atoms with Crippen LogP contribution in [0.15, 0.2) is 30.6 Å². The first-order chi connectivity index (χ1) is 25.5. The summed E-state index contributed by atoms with van der Waals surface area (Å²) in [6.45, 7) is 14.0. The molecule has 3 amide bonds. The summed E-state index contributed by atoms with van der Waals surface area (Å²) in [6, 6.07) is 5.40. The molecule has 54 heavy (non-hydrogen) atoms. The number of primary amides is 1. The van der Waals surface area contributed by atoms with Gasteiger partial charge in [-0.05, 0) is 68.6 Å². The van der Waals surface area contributed by atoms with E-state index >= 15 is 0 Å². The number of aromatic nitrogens is 2. The molecule has 1 saturated heterocycles. The van der Waals surface area contributed by atoms with Crippen LogP contribution in [0.2, 0.25) is 0 Å². The van der Waals surface area contributed by atoms with Gasteiger partial charge in [0, 0.05) is 59.0 Å². The second-order valence-electron chi connectivity index (χ2n) is 15.3. The Morgan fingerprint density at radius 3 is 2.33 bits per heavy atom. The maximum Gasteiger partial charge on any atom is 0.415 e. The number of rotatable bonds is 21. The van der Waals surface area contributed by atoms with E-state index in [1.807, 2.05) is 32.0 Å². The van der Waals surface area contributed by atoms with E-state index in [0.717, 1.165) is 12.0 Å². The predicted molar refractivity (Wildman–Crippen MR) is 200 cm³/mol. The molecule has 15 nitrogen and oxygen atoms in total. The zero-order valence-corrected chi connectivity index (χ0v) is 33.6. The molecule has 3 N–H and O–H groups in total. The fraction of sp³-hybridized carbons (Fsp3) is 0.667. The lowest BCUT2D eigenvalue weighted by Gasteiger charge is -2.33. The van der Waals surface area contributed by atoms with Crippen molar-refractivity contribution in [3.05, 3.63) is 42.0 Å². The first kappa shape index (κ1) is 44.0. The summed E-state index contributed by atoms with van der Waals surface area (Å²) in [4.78, 5) is 57.5. The molecule has 1 aromatic heterocycles. The van der Waals surface area contributed by atoms with Crippen LogP contribution in [0.5, 0.6) is 11.5 Å². The molecule has 1 aromatic carbocycles. The van der Waals surface area contributed by atoms with Gasteiger partial charge in [0.05, 0.1) is 31.3 Å². The Hall–Kier alpha value is -4.37. The van der Waals surface area contributed by atoms with Gasteiger partial charge in [0.25, 0.3) is 0 Å². The van der Waals surface area contributed by atoms with Crippen molar-refractivity contribution in [3.8, 4) is 11.5 Å². The molecule has 1 aliphatic rings. The highest BCUT2D eigenvalue weighted by atomic mass is 16.7. The SMILES string of the molecule is COCCCOc1cc(C[C@@H](C[C@H]2[C@H](C[C@H](C(=O)NCC(C)(C)C(N)=O)C(C)C)OCN2C(=O)OC(C)OC(=O)c2nccn2C)C(C)C)ccc1OC. The number of nitrogens with one attached hydrogen (secondary N) is 1. The number of carbonyl (C=O) groups excluding carboxylic acids is 4. The van der Waals surface area contributed by atoms with Crippen molar-refractivity contribution in [2.45, 2.75) is 92.6 Å². The Morgan fingerprint density at radius 1 is 1.02 bits per heavy atom. The lowest BCUT2D eigenvalue weighted by molar-refractivity contribution is -0.130. The van der Waals surface area contributed by atoms with E-state index in [1.165, 1.54) is 22.6 Å². The van der Waals surface area contributed by atoms with Gasteiger partial charge in [-0.15, -0.1) is 0 Å². The van der Waals surface area contributed by atoms with Gasteiger partial charge in [-0.25, -0.2) is 14.6 Å². The number of aryl methyl sites for hydroxylation is 1. The van der Waals surface area contributed by atoms with E-state index in [2.05, 4.69) is 24.1 Å². The fourth-order valence-electron chi connectivity index (χ4n) is 6.28. The van der Waals surface area contributed by atoms with Gasteiger partial charge in [-0.3, -0.25) is 14.5 Å². The molecule has 0 spiro atoms. The Balaban J connectivity index is 1.87. The van der Waals surface area contributed by atoms with Crippen molar-refractivity contribution in [1.29, 1.82) is 0 Å². The quantitative estimate of drug-likeness (QED) is 0.102. The molecule has 15 heteroatoms. The second-order valence-corrected chi connectivity index (χ2v) is 15.3. The highest BCUT2D eigenvalue weighted by molar-refractivity contribution is 5.85. The molecule has 0 bridgehead atoms. The smallest absolute Gasteiger partial charge is 0.415 e. The Kier molecular flexibility index (Phi) is 16.6. The summed E-state index contributed by atoms with van der Waals surface area (Å²) in [5.74, 6) is -0.466. The molecule has 1 aliphatic heterocycles. The third-order valence-corrected chi connectivity index (χ3v) is 10.00. The summed E-state index contributed by atoms with van der Waals surface area (Å²) >= 11 is 0. The van der Waals surface area contributed by atoms with E-state index in [1.54, 1.807) is 41.3 Å². The number of methoxy groups -OCH3 is 2. The van der Waals surface area contributed by atoms with Crippen LogP contribution in [0.25, 0.3) is 0 Å². The van der Waals surface area contributed by atoms with Crippen LogP contribution in [0.3, 0.4) is 0 Å². The summed E-state index contributed by atoms with van der Waals surface area (Å²) < 4.78 is 35.6. The van der Waals surface area contributed by atoms with Crippen LogP contribution in [0, 0.1) is 29.1 Å². The van der Waals surface area contributed by atoms with Crippen molar-refractivity contribution in [1.82, 2.24) is 19.8 Å². The molecular weight excluding hydrogens is 698 g/mol. The van der Waals surface area contributed by atoms with Crippen molar-refractivity contribution < 1.29 is 47.6 Å². The number of esters is 1. The molecule has 2 heterocycles. The lowest BCUT2D eigenvalue weighted by Crippen LogP contribution is -2.47. The van der Waals surface area contributed by atoms with Crippen LogP contribution >= 0.6 is 0 Å². The van der Waals surface area contributed by atoms with Gasteiger partial charge in [0.2, 0.25) is 23.9 Å². The normalized spacial score (nSPS) is 17.6. The third kappa shape index (κ3) is 12.3. The minimum Gasteiger partial charge on any atom is -0.493 e. The van der Waals surface area contributed by atoms with Crippen LogP contribution in [-0.2, 0) is 42.0 Å². The number of hydrogen-bond donors (Lipinski definition) is 2. The topological polar surface area (TPSA) is 183 Å². The standard InChI is InChI=1S/C39H61N5O10/c1-24(2)28(18-27-12-13-31(50-10)33(19-27)51-17-11-16-49-9)20-30-32(21-29(25(3)4)35(45)42-22-39(6,7)37(40)47)52-23-44(30)38(48)54-26(5)53-36(46)34-41-14-15-43(34)8/h12-15,19,24-26,28-30,32H,11,16-18,20-23H2,1-10H3,(H2,40,47)(H,42,45)/t26?,28-,29-,30-,32-/m0/s1. The Bertz CT molecular complexity index is 1540. The van der Waals surface area contributed by atoms with Gasteiger partial charge in [0.15, 0.2) is 11.5 Å². The number of carbonyl (C=O) groups is 4. The van der Waals surface area contributed by atoms with E-state index in [9.17, 15) is 19.2 Å². The van der Waals surface area contributed by atoms with Crippen molar-refractivity contribution in [3.63, 3.8) is 0 Å². The van der Waals surface area contributed by atoms with E-state index in [4.69, 9.17) is 34.2 Å². The van der Waals surface area contributed by atoms with E-state index < -0.39 is 47.7 Å². The van der Waals surface area contributed by atoms with E-state index in [0.29, 0.717) is 44.0 Å². The molecule has 5 atom stereocenters. The number of benzene rings is 1. The number of amides is 3. The largest absolute Gasteiger partial charge is 0.493 e. The number of hydrogen-bond acceptors (Lipinski definition) is 11. The lowest BCUT2D eigenvalue weighted by atomic mass is 9.80. The third-order valence-electron chi connectivity index (χ3n) is 10.00. The molecule has 0 aliphatic carbocycles. The monoisotopic (exact) mass is 759 g/mol. The molecule has 2 aromatic rings. The second kappa shape index (κ2) is 20.3. The highest BCUT2D eigenvalue weighted by Crippen LogP contribution is 2.36. The van der Waals surface area contributed by atoms with Gasteiger partial charge in [0.1, 0.15) is 6.73 Å². The number of imidazole rings is 1. The average molecular weight is 760 g/mol. The van der Waals surface area contributed by atoms with Gasteiger partial charge >= 0.3 is 12.1 Å². The summed E-state index contributed by atoms with van der Waals surface area (Å²) in [5.41, 5.74) is 5.66. The highest BCUT2D eigenvalue weighted by Gasteiger charge is 2.43. The maximum atomic E-state index is 13.8. The maximum absolute atomic E-state index is 13.8. The Morgan fingerprint density at radius 2 is 1.74 bits per heavy atom. The summed E-state index contributed by atoms with van der Waals surface area (Å²) in [6.07, 6.45) is 2.85. The minimum atomic E-state index is -1.22. The first-order valence-electron chi connectivity index (χ1n) is 18.6. The molecule has 302 valence electrons. The van der Waals surface area contributed by atoms with Gasteiger partial charge in [-0.1, -0.05) is 33.8 Å². The summed E-state index contributed by atoms with van der Waals surface area (Å²) in [5, 5.41) is 2.91. The predicted octanol–water partition coefficient (Wildman–Crippen LogP) is 4.71. The molecule has 1 unspecified atom stereocenters. The van der Waals surface area contributed by atoms with E-state index in [-0.39, 0.29) is 42.8 Å². The number of ether oxygens (including phenoxy) is 6. The molecule has 3 rings (SSSR count). The Labute approximate surface area is 319 Å². The molecule has 1 fully saturated rings. The van der Waals surface area contributed by atoms with Crippen LogP contribution < -0.4 is 20.5 Å². The number of nitrogens with two attached hydrogens (primary N) is 1.